The summed E-state index contributed by atoms with van der Waals surface area (Å²) in [6.07, 6.45) is 6.71. The number of hydrogen-bond acceptors (Lipinski definition) is 8. The second kappa shape index (κ2) is 10.1. The van der Waals surface area contributed by atoms with Crippen LogP contribution in [0.25, 0.3) is 28.0 Å². The third-order valence-corrected chi connectivity index (χ3v) is 8.19. The van der Waals surface area contributed by atoms with Gasteiger partial charge in [0.05, 0.1) is 33.7 Å². The van der Waals surface area contributed by atoms with E-state index in [0.29, 0.717) is 43.1 Å². The van der Waals surface area contributed by atoms with Gasteiger partial charge in [-0.3, -0.25) is 4.79 Å². The van der Waals surface area contributed by atoms with E-state index in [-0.39, 0.29) is 40.2 Å². The Labute approximate surface area is 240 Å². The van der Waals surface area contributed by atoms with Crippen LogP contribution in [0.3, 0.4) is 0 Å². The van der Waals surface area contributed by atoms with Crippen LogP contribution in [0.1, 0.15) is 54.5 Å². The van der Waals surface area contributed by atoms with Crippen molar-refractivity contribution in [3.8, 4) is 23.0 Å². The maximum absolute atomic E-state index is 15.1. The van der Waals surface area contributed by atoms with Gasteiger partial charge < -0.3 is 9.80 Å². The molecule has 3 fully saturated rings. The smallest absolute Gasteiger partial charge is 0.352 e. The molecule has 1 saturated heterocycles. The predicted molar refractivity (Wildman–Crippen MR) is 154 cm³/mol. The highest BCUT2D eigenvalue weighted by Crippen LogP contribution is 2.47. The fourth-order valence-corrected chi connectivity index (χ4v) is 5.73. The first-order chi connectivity index (χ1) is 20.5. The van der Waals surface area contributed by atoms with E-state index in [1.54, 1.807) is 35.5 Å². The van der Waals surface area contributed by atoms with Crippen molar-refractivity contribution in [3.63, 3.8) is 0 Å². The second-order valence-electron chi connectivity index (χ2n) is 11.0. The molecule has 4 aromatic rings. The molecule has 2 aliphatic carbocycles. The van der Waals surface area contributed by atoms with Crippen molar-refractivity contribution in [2.75, 3.05) is 31.1 Å². The first kappa shape index (κ1) is 26.0. The quantitative estimate of drug-likeness (QED) is 0.325. The number of rotatable bonds is 6. The van der Waals surface area contributed by atoms with Crippen LogP contribution in [0.2, 0.25) is 0 Å². The summed E-state index contributed by atoms with van der Waals surface area (Å²) in [6, 6.07) is 9.96. The molecule has 11 heteroatoms. The first-order valence-corrected chi connectivity index (χ1v) is 14.1. The lowest BCUT2D eigenvalue weighted by Gasteiger charge is -2.35. The molecule has 42 heavy (non-hydrogen) atoms. The number of aromatic nitrogens is 5. The molecule has 4 heterocycles. The summed E-state index contributed by atoms with van der Waals surface area (Å²) in [5.74, 6) is 0.116. The van der Waals surface area contributed by atoms with Gasteiger partial charge in [0.2, 0.25) is 5.91 Å². The number of nitrogens with zero attached hydrogens (tertiary/aromatic N) is 8. The summed E-state index contributed by atoms with van der Waals surface area (Å²) in [6.45, 7) is 5.28. The summed E-state index contributed by atoms with van der Waals surface area (Å²) in [5.41, 5.74) is 2.39. The van der Waals surface area contributed by atoms with Gasteiger partial charge in [-0.15, -0.1) is 0 Å². The van der Waals surface area contributed by atoms with Gasteiger partial charge in [-0.2, -0.15) is 10.2 Å². The van der Waals surface area contributed by atoms with E-state index in [1.165, 1.54) is 16.7 Å². The van der Waals surface area contributed by atoms with Crippen LogP contribution in [0.5, 0.6) is 0 Å². The minimum Gasteiger partial charge on any atom is -0.352 e. The summed E-state index contributed by atoms with van der Waals surface area (Å²) in [7, 11) is 0. The number of piperazine rings is 1. The number of halogens is 1. The molecular formula is C31H27FN8O2. The third kappa shape index (κ3) is 4.40. The monoisotopic (exact) mass is 562 g/mol. The normalized spacial score (nSPS) is 16.9. The molecule has 1 aliphatic heterocycles. The van der Waals surface area contributed by atoms with Crippen LogP contribution in [0, 0.1) is 17.1 Å². The van der Waals surface area contributed by atoms with Crippen LogP contribution in [-0.2, 0) is 4.79 Å². The Morgan fingerprint density at radius 2 is 1.69 bits per heavy atom. The highest BCUT2D eigenvalue weighted by Gasteiger charge is 2.36. The SMILES string of the molecule is C=CC(=O)N1CCN(c2nc(=O)n(-c3c(C4CC4)ncnc3C3CC3)c3nc(-c4ccccc4F)c(C#N)cc23)CC1. The molecular weight excluding hydrogens is 535 g/mol. The van der Waals surface area contributed by atoms with Crippen LogP contribution in [0.15, 0.2) is 54.1 Å². The molecule has 1 aromatic carbocycles. The van der Waals surface area contributed by atoms with Crippen molar-refractivity contribution in [1.29, 1.82) is 5.26 Å². The van der Waals surface area contributed by atoms with Gasteiger partial charge in [-0.1, -0.05) is 18.7 Å². The number of anilines is 1. The number of carbonyl (C=O) groups is 1. The molecule has 0 unspecified atom stereocenters. The fourth-order valence-electron chi connectivity index (χ4n) is 5.73. The highest BCUT2D eigenvalue weighted by atomic mass is 19.1. The number of nitriles is 1. The molecule has 1 amide bonds. The molecule has 210 valence electrons. The van der Waals surface area contributed by atoms with E-state index >= 15 is 4.39 Å². The summed E-state index contributed by atoms with van der Waals surface area (Å²) < 4.78 is 16.5. The van der Waals surface area contributed by atoms with Gasteiger partial charge in [0.15, 0.2) is 5.65 Å². The standard InChI is InChI=1S/C31H27FN8O2/c1-2-24(41)38-11-13-39(14-12-38)29-22-15-20(16-33)25(21-5-3-4-6-23(21)32)36-30(22)40(31(42)37-29)28-26(18-7-8-18)34-17-35-27(28)19-9-10-19/h2-6,15,17-19H,1,7-14H2. The number of carbonyl (C=O) groups excluding carboxylic acids is 1. The maximum Gasteiger partial charge on any atom is 0.355 e. The van der Waals surface area contributed by atoms with Gasteiger partial charge in [0, 0.05) is 43.6 Å². The Morgan fingerprint density at radius 1 is 1.02 bits per heavy atom. The van der Waals surface area contributed by atoms with E-state index in [1.807, 2.05) is 4.90 Å². The maximum atomic E-state index is 15.1. The van der Waals surface area contributed by atoms with Crippen molar-refractivity contribution in [1.82, 2.24) is 29.4 Å². The van der Waals surface area contributed by atoms with Crippen molar-refractivity contribution < 1.29 is 9.18 Å². The summed E-state index contributed by atoms with van der Waals surface area (Å²) >= 11 is 0. The molecule has 0 atom stereocenters. The average Bonchev–Trinajstić information content (AvgIpc) is 3.94. The minimum atomic E-state index is -0.544. The van der Waals surface area contributed by atoms with Crippen LogP contribution < -0.4 is 10.6 Å². The van der Waals surface area contributed by atoms with Gasteiger partial charge in [0.25, 0.3) is 0 Å². The third-order valence-electron chi connectivity index (χ3n) is 8.19. The molecule has 0 bridgehead atoms. The number of hydrogen-bond donors (Lipinski definition) is 0. The lowest BCUT2D eigenvalue weighted by Crippen LogP contribution is -2.49. The molecule has 0 N–H and O–H groups in total. The van der Waals surface area contributed by atoms with Crippen LogP contribution >= 0.6 is 0 Å². The highest BCUT2D eigenvalue weighted by molar-refractivity contribution is 5.92. The molecule has 2 saturated carbocycles. The largest absolute Gasteiger partial charge is 0.355 e. The number of fused-ring (bicyclic) bond motifs is 1. The Kier molecular flexibility index (Phi) is 6.26. The summed E-state index contributed by atoms with van der Waals surface area (Å²) in [5, 5.41) is 10.6. The molecule has 3 aliphatic rings. The fraction of sp³-hybridized carbons (Fsp3) is 0.323. The molecule has 0 radical (unpaired) electrons. The van der Waals surface area contributed by atoms with E-state index in [2.05, 4.69) is 27.6 Å². The van der Waals surface area contributed by atoms with Gasteiger partial charge in [-0.05, 0) is 50.0 Å². The first-order valence-electron chi connectivity index (χ1n) is 14.1. The van der Waals surface area contributed by atoms with Crippen LogP contribution in [0.4, 0.5) is 10.2 Å². The van der Waals surface area contributed by atoms with Crippen molar-refractivity contribution in [2.45, 2.75) is 37.5 Å². The molecule has 10 nitrogen and oxygen atoms in total. The Hall–Kier alpha value is -4.98. The van der Waals surface area contributed by atoms with Crippen LogP contribution in [-0.4, -0.2) is 61.5 Å². The van der Waals surface area contributed by atoms with Gasteiger partial charge in [-0.25, -0.2) is 28.7 Å². The van der Waals surface area contributed by atoms with Crippen molar-refractivity contribution in [3.05, 3.63) is 82.6 Å². The predicted octanol–water partition coefficient (Wildman–Crippen LogP) is 3.84. The van der Waals surface area contributed by atoms with Gasteiger partial charge in [0.1, 0.15) is 24.0 Å². The lowest BCUT2D eigenvalue weighted by molar-refractivity contribution is -0.126. The topological polar surface area (TPSA) is 121 Å². The van der Waals surface area contributed by atoms with E-state index < -0.39 is 11.5 Å². The van der Waals surface area contributed by atoms with E-state index in [9.17, 15) is 14.9 Å². The van der Waals surface area contributed by atoms with Gasteiger partial charge >= 0.3 is 5.69 Å². The van der Waals surface area contributed by atoms with Crippen molar-refractivity contribution >= 4 is 22.8 Å². The molecule has 3 aromatic heterocycles. The number of pyridine rings is 1. The molecule has 7 rings (SSSR count). The molecule has 0 spiro atoms. The zero-order valence-corrected chi connectivity index (χ0v) is 22.8. The zero-order chi connectivity index (χ0) is 29.0. The number of amides is 1. The lowest BCUT2D eigenvalue weighted by atomic mass is 10.0. The van der Waals surface area contributed by atoms with E-state index in [4.69, 9.17) is 4.98 Å². The summed E-state index contributed by atoms with van der Waals surface area (Å²) in [4.78, 5) is 48.5. The number of benzene rings is 1. The second-order valence-corrected chi connectivity index (χ2v) is 11.0. The Balaban J connectivity index is 1.50. The average molecular weight is 563 g/mol. The Morgan fingerprint density at radius 3 is 2.29 bits per heavy atom. The van der Waals surface area contributed by atoms with E-state index in [0.717, 1.165) is 37.1 Å². The Bertz CT molecular complexity index is 1830. The minimum absolute atomic E-state index is 0.146. The van der Waals surface area contributed by atoms with Crippen molar-refractivity contribution in [2.24, 2.45) is 0 Å². The zero-order valence-electron chi connectivity index (χ0n) is 22.8.